The highest BCUT2D eigenvalue weighted by Gasteiger charge is 2.24. The predicted octanol–water partition coefficient (Wildman–Crippen LogP) is 4.19. The zero-order valence-corrected chi connectivity index (χ0v) is 17.5. The van der Waals surface area contributed by atoms with E-state index in [0.29, 0.717) is 13.1 Å². The first-order valence-corrected chi connectivity index (χ1v) is 10.2. The van der Waals surface area contributed by atoms with E-state index < -0.39 is 0 Å². The van der Waals surface area contributed by atoms with Crippen molar-refractivity contribution in [3.63, 3.8) is 0 Å². The highest BCUT2D eigenvalue weighted by molar-refractivity contribution is 5.96. The van der Waals surface area contributed by atoms with Gasteiger partial charge in [0.1, 0.15) is 22.9 Å². The number of carbonyl (C=O) groups excluding carboxylic acids is 1. The summed E-state index contributed by atoms with van der Waals surface area (Å²) >= 11 is 0. The number of para-hydroxylation sites is 1. The van der Waals surface area contributed by atoms with Crippen molar-refractivity contribution < 1.29 is 9.53 Å². The van der Waals surface area contributed by atoms with Gasteiger partial charge in [0, 0.05) is 25.2 Å². The maximum absolute atomic E-state index is 12.6. The van der Waals surface area contributed by atoms with E-state index >= 15 is 0 Å². The molecule has 0 spiro atoms. The van der Waals surface area contributed by atoms with E-state index in [2.05, 4.69) is 0 Å². The standard InChI is InChI=1S/C23H30N4O2/c1-17-12-15-27-21(16-17)25-22(19-10-6-7-11-20(19)29-3)23(27)26(18(2)28)14-9-5-4-8-13-24/h6-7,10-12,15-16H,4-5,8-9,13-14,24H2,1-3H3. The lowest BCUT2D eigenvalue weighted by Gasteiger charge is -2.22. The van der Waals surface area contributed by atoms with Gasteiger partial charge in [0.05, 0.1) is 7.11 Å². The number of amides is 1. The maximum Gasteiger partial charge on any atom is 0.225 e. The summed E-state index contributed by atoms with van der Waals surface area (Å²) in [5, 5.41) is 0. The second-order valence-electron chi connectivity index (χ2n) is 7.29. The fourth-order valence-corrected chi connectivity index (χ4v) is 3.59. The van der Waals surface area contributed by atoms with E-state index in [9.17, 15) is 4.79 Å². The van der Waals surface area contributed by atoms with Crippen molar-refractivity contribution in [3.8, 4) is 17.0 Å². The van der Waals surface area contributed by atoms with Crippen LogP contribution in [-0.2, 0) is 4.79 Å². The fourth-order valence-electron chi connectivity index (χ4n) is 3.59. The molecule has 2 N–H and O–H groups in total. The first-order valence-electron chi connectivity index (χ1n) is 10.2. The SMILES string of the molecule is COc1ccccc1-c1nc2cc(C)ccn2c1N(CCCCCCN)C(C)=O. The Hall–Kier alpha value is -2.86. The number of methoxy groups -OCH3 is 1. The summed E-state index contributed by atoms with van der Waals surface area (Å²) in [7, 11) is 1.65. The molecule has 0 saturated carbocycles. The van der Waals surface area contributed by atoms with Gasteiger partial charge in [-0.15, -0.1) is 0 Å². The number of imidazole rings is 1. The molecule has 0 saturated heterocycles. The average molecular weight is 395 g/mol. The second-order valence-corrected chi connectivity index (χ2v) is 7.29. The molecule has 1 aromatic carbocycles. The predicted molar refractivity (Wildman–Crippen MR) is 117 cm³/mol. The minimum absolute atomic E-state index is 0.00217. The number of hydrogen-bond acceptors (Lipinski definition) is 4. The zero-order valence-electron chi connectivity index (χ0n) is 17.5. The van der Waals surface area contributed by atoms with Crippen molar-refractivity contribution in [2.75, 3.05) is 25.1 Å². The number of hydrogen-bond donors (Lipinski definition) is 1. The van der Waals surface area contributed by atoms with E-state index in [-0.39, 0.29) is 5.91 Å². The highest BCUT2D eigenvalue weighted by atomic mass is 16.5. The molecule has 2 aromatic heterocycles. The molecule has 29 heavy (non-hydrogen) atoms. The average Bonchev–Trinajstić information content (AvgIpc) is 3.08. The molecule has 154 valence electrons. The monoisotopic (exact) mass is 394 g/mol. The van der Waals surface area contributed by atoms with Gasteiger partial charge in [-0.2, -0.15) is 0 Å². The summed E-state index contributed by atoms with van der Waals surface area (Å²) < 4.78 is 7.57. The molecule has 0 aliphatic carbocycles. The number of nitrogens with zero attached hydrogens (tertiary/aromatic N) is 3. The highest BCUT2D eigenvalue weighted by Crippen LogP contribution is 2.37. The van der Waals surface area contributed by atoms with Crippen molar-refractivity contribution >= 4 is 17.4 Å². The Kier molecular flexibility index (Phi) is 6.88. The van der Waals surface area contributed by atoms with Gasteiger partial charge in [-0.3, -0.25) is 14.1 Å². The van der Waals surface area contributed by atoms with Crippen LogP contribution in [0.1, 0.15) is 38.2 Å². The van der Waals surface area contributed by atoms with Gasteiger partial charge in [0.15, 0.2) is 0 Å². The Labute approximate surface area is 172 Å². The molecule has 0 unspecified atom stereocenters. The van der Waals surface area contributed by atoms with Gasteiger partial charge >= 0.3 is 0 Å². The maximum atomic E-state index is 12.6. The molecule has 3 aromatic rings. The molecule has 0 bridgehead atoms. The molecule has 0 aliphatic heterocycles. The summed E-state index contributed by atoms with van der Waals surface area (Å²) in [6, 6.07) is 11.9. The number of aryl methyl sites for hydroxylation is 1. The first kappa shape index (κ1) is 20.9. The topological polar surface area (TPSA) is 72.9 Å². The molecule has 0 atom stereocenters. The Balaban J connectivity index is 2.09. The van der Waals surface area contributed by atoms with Crippen LogP contribution < -0.4 is 15.4 Å². The Morgan fingerprint density at radius 1 is 1.17 bits per heavy atom. The molecular weight excluding hydrogens is 364 g/mol. The van der Waals surface area contributed by atoms with Crippen LogP contribution in [0.25, 0.3) is 16.9 Å². The minimum atomic E-state index is 0.00217. The van der Waals surface area contributed by atoms with Crippen molar-refractivity contribution in [1.82, 2.24) is 9.38 Å². The normalized spacial score (nSPS) is 11.0. The van der Waals surface area contributed by atoms with E-state index in [0.717, 1.165) is 59.7 Å². The molecule has 0 radical (unpaired) electrons. The smallest absolute Gasteiger partial charge is 0.225 e. The number of ether oxygens (including phenoxy) is 1. The van der Waals surface area contributed by atoms with Gasteiger partial charge in [-0.05, 0) is 56.1 Å². The number of fused-ring (bicyclic) bond motifs is 1. The quantitative estimate of drug-likeness (QED) is 0.552. The molecule has 6 heteroatoms. The third kappa shape index (κ3) is 4.59. The number of unbranched alkanes of at least 4 members (excludes halogenated alkanes) is 3. The van der Waals surface area contributed by atoms with Crippen LogP contribution in [0.4, 0.5) is 5.82 Å². The summed E-state index contributed by atoms with van der Waals surface area (Å²) in [4.78, 5) is 19.4. The third-order valence-electron chi connectivity index (χ3n) is 5.09. The molecule has 2 heterocycles. The van der Waals surface area contributed by atoms with Crippen molar-refractivity contribution in [3.05, 3.63) is 48.2 Å². The zero-order chi connectivity index (χ0) is 20.8. The first-order chi connectivity index (χ1) is 14.1. The third-order valence-corrected chi connectivity index (χ3v) is 5.09. The van der Waals surface area contributed by atoms with E-state index in [1.165, 1.54) is 0 Å². The Morgan fingerprint density at radius 3 is 2.66 bits per heavy atom. The molecular formula is C23H30N4O2. The molecule has 0 fully saturated rings. The summed E-state index contributed by atoms with van der Waals surface area (Å²) in [6.45, 7) is 5.00. The van der Waals surface area contributed by atoms with Crippen molar-refractivity contribution in [2.24, 2.45) is 5.73 Å². The number of rotatable bonds is 9. The molecule has 0 aliphatic rings. The second kappa shape index (κ2) is 9.56. The van der Waals surface area contributed by atoms with Crippen LogP contribution in [0.3, 0.4) is 0 Å². The number of carbonyl (C=O) groups is 1. The molecule has 3 rings (SSSR count). The van der Waals surface area contributed by atoms with Gasteiger partial charge < -0.3 is 10.5 Å². The van der Waals surface area contributed by atoms with Crippen LogP contribution in [0, 0.1) is 6.92 Å². The van der Waals surface area contributed by atoms with E-state index in [4.69, 9.17) is 15.5 Å². The largest absolute Gasteiger partial charge is 0.496 e. The summed E-state index contributed by atoms with van der Waals surface area (Å²) in [5.74, 6) is 1.53. The van der Waals surface area contributed by atoms with Crippen LogP contribution in [0.15, 0.2) is 42.6 Å². The summed E-state index contributed by atoms with van der Waals surface area (Å²) in [5.41, 5.74) is 9.16. The van der Waals surface area contributed by atoms with Gasteiger partial charge in [-0.1, -0.05) is 25.0 Å². The number of benzene rings is 1. The van der Waals surface area contributed by atoms with Gasteiger partial charge in [-0.25, -0.2) is 4.98 Å². The Bertz CT molecular complexity index is 980. The molecule has 6 nitrogen and oxygen atoms in total. The van der Waals surface area contributed by atoms with Crippen LogP contribution in [0.2, 0.25) is 0 Å². The lowest BCUT2D eigenvalue weighted by atomic mass is 10.1. The van der Waals surface area contributed by atoms with Crippen LogP contribution in [-0.4, -0.2) is 35.5 Å². The Morgan fingerprint density at radius 2 is 1.93 bits per heavy atom. The fraction of sp³-hybridized carbons (Fsp3) is 0.391. The lowest BCUT2D eigenvalue weighted by molar-refractivity contribution is -0.116. The summed E-state index contributed by atoms with van der Waals surface area (Å²) in [6.07, 6.45) is 6.04. The van der Waals surface area contributed by atoms with Gasteiger partial charge in [0.25, 0.3) is 0 Å². The number of pyridine rings is 1. The lowest BCUT2D eigenvalue weighted by Crippen LogP contribution is -2.31. The van der Waals surface area contributed by atoms with E-state index in [1.807, 2.05) is 58.8 Å². The van der Waals surface area contributed by atoms with Crippen molar-refractivity contribution in [1.29, 1.82) is 0 Å². The number of anilines is 1. The van der Waals surface area contributed by atoms with Crippen LogP contribution in [0.5, 0.6) is 5.75 Å². The van der Waals surface area contributed by atoms with Crippen LogP contribution >= 0.6 is 0 Å². The number of aromatic nitrogens is 2. The van der Waals surface area contributed by atoms with Crippen molar-refractivity contribution in [2.45, 2.75) is 39.5 Å². The molecule has 1 amide bonds. The minimum Gasteiger partial charge on any atom is -0.496 e. The van der Waals surface area contributed by atoms with Gasteiger partial charge in [0.2, 0.25) is 5.91 Å². The number of nitrogens with two attached hydrogens (primary N) is 1. The van der Waals surface area contributed by atoms with E-state index in [1.54, 1.807) is 14.0 Å².